The SMILES string of the molecule is CC1=CCCC2=C1OCO2. The van der Waals surface area contributed by atoms with Gasteiger partial charge in [0.1, 0.15) is 5.76 Å². The van der Waals surface area contributed by atoms with Crippen molar-refractivity contribution in [2.45, 2.75) is 19.8 Å². The highest BCUT2D eigenvalue weighted by molar-refractivity contribution is 5.31. The first-order valence-electron chi connectivity index (χ1n) is 3.54. The van der Waals surface area contributed by atoms with Gasteiger partial charge >= 0.3 is 0 Å². The van der Waals surface area contributed by atoms with Crippen LogP contribution in [0.4, 0.5) is 0 Å². The molecule has 2 aliphatic rings. The molecule has 0 amide bonds. The zero-order valence-electron chi connectivity index (χ0n) is 6.02. The molecule has 54 valence electrons. The van der Waals surface area contributed by atoms with Crippen molar-refractivity contribution in [3.63, 3.8) is 0 Å². The Morgan fingerprint density at radius 2 is 2.30 bits per heavy atom. The molecule has 0 aromatic rings. The van der Waals surface area contributed by atoms with Gasteiger partial charge in [-0.2, -0.15) is 0 Å². The standard InChI is InChI=1S/C8H10O2/c1-6-3-2-4-7-8(6)10-5-9-7/h3H,2,4-5H2,1H3. The topological polar surface area (TPSA) is 18.5 Å². The Bertz CT molecular complexity index is 213. The lowest BCUT2D eigenvalue weighted by Crippen LogP contribution is -1.94. The second kappa shape index (κ2) is 2.04. The maximum atomic E-state index is 5.26. The molecule has 0 aromatic heterocycles. The molecule has 2 heteroatoms. The highest BCUT2D eigenvalue weighted by Crippen LogP contribution is 2.30. The molecule has 0 bridgehead atoms. The van der Waals surface area contributed by atoms with Crippen LogP contribution in [0.1, 0.15) is 19.8 Å². The van der Waals surface area contributed by atoms with Gasteiger partial charge < -0.3 is 9.47 Å². The van der Waals surface area contributed by atoms with Crippen molar-refractivity contribution in [1.29, 1.82) is 0 Å². The minimum Gasteiger partial charge on any atom is -0.458 e. The third-order valence-electron chi connectivity index (χ3n) is 1.87. The molecule has 0 unspecified atom stereocenters. The van der Waals surface area contributed by atoms with E-state index in [4.69, 9.17) is 9.47 Å². The van der Waals surface area contributed by atoms with Crippen LogP contribution in [0.15, 0.2) is 23.2 Å². The largest absolute Gasteiger partial charge is 0.458 e. The molecule has 0 fully saturated rings. The molecule has 0 N–H and O–H groups in total. The van der Waals surface area contributed by atoms with Gasteiger partial charge in [-0.05, 0) is 18.9 Å². The number of allylic oxidation sites excluding steroid dienone is 3. The van der Waals surface area contributed by atoms with Crippen molar-refractivity contribution in [3.05, 3.63) is 23.2 Å². The van der Waals surface area contributed by atoms with Gasteiger partial charge in [0.2, 0.25) is 6.79 Å². The number of rotatable bonds is 0. The Morgan fingerprint density at radius 1 is 1.40 bits per heavy atom. The van der Waals surface area contributed by atoms with E-state index in [0.29, 0.717) is 6.79 Å². The van der Waals surface area contributed by atoms with Crippen molar-refractivity contribution in [2.75, 3.05) is 6.79 Å². The first-order chi connectivity index (χ1) is 4.88. The van der Waals surface area contributed by atoms with E-state index in [1.54, 1.807) is 0 Å². The van der Waals surface area contributed by atoms with Crippen molar-refractivity contribution in [2.24, 2.45) is 0 Å². The highest BCUT2D eigenvalue weighted by Gasteiger charge is 2.20. The van der Waals surface area contributed by atoms with E-state index in [0.717, 1.165) is 24.4 Å². The predicted molar refractivity (Wildman–Crippen MR) is 37.1 cm³/mol. The van der Waals surface area contributed by atoms with Gasteiger partial charge in [-0.3, -0.25) is 0 Å². The average Bonchev–Trinajstić information content (AvgIpc) is 2.36. The summed E-state index contributed by atoms with van der Waals surface area (Å²) in [5.74, 6) is 2.02. The van der Waals surface area contributed by atoms with Gasteiger partial charge in [-0.15, -0.1) is 0 Å². The molecule has 2 rings (SSSR count). The molecule has 0 saturated carbocycles. The van der Waals surface area contributed by atoms with E-state index in [9.17, 15) is 0 Å². The summed E-state index contributed by atoms with van der Waals surface area (Å²) in [6.07, 6.45) is 4.29. The summed E-state index contributed by atoms with van der Waals surface area (Å²) in [4.78, 5) is 0. The van der Waals surface area contributed by atoms with Crippen LogP contribution in [0.3, 0.4) is 0 Å². The van der Waals surface area contributed by atoms with E-state index in [1.165, 1.54) is 5.57 Å². The zero-order valence-corrected chi connectivity index (χ0v) is 6.02. The normalized spacial score (nSPS) is 23.1. The molecule has 1 aliphatic heterocycles. The van der Waals surface area contributed by atoms with Gasteiger partial charge in [0, 0.05) is 6.42 Å². The summed E-state index contributed by atoms with van der Waals surface area (Å²) in [6.45, 7) is 2.47. The summed E-state index contributed by atoms with van der Waals surface area (Å²) in [6, 6.07) is 0. The molecule has 0 spiro atoms. The summed E-state index contributed by atoms with van der Waals surface area (Å²) in [7, 11) is 0. The number of hydrogen-bond acceptors (Lipinski definition) is 2. The molecule has 0 radical (unpaired) electrons. The van der Waals surface area contributed by atoms with Crippen LogP contribution in [0.5, 0.6) is 0 Å². The highest BCUT2D eigenvalue weighted by atomic mass is 16.7. The smallest absolute Gasteiger partial charge is 0.230 e. The van der Waals surface area contributed by atoms with Crippen LogP contribution in [0.2, 0.25) is 0 Å². The monoisotopic (exact) mass is 138 g/mol. The van der Waals surface area contributed by atoms with E-state index < -0.39 is 0 Å². The molecule has 10 heavy (non-hydrogen) atoms. The van der Waals surface area contributed by atoms with Crippen molar-refractivity contribution >= 4 is 0 Å². The molecule has 0 aromatic carbocycles. The van der Waals surface area contributed by atoms with E-state index >= 15 is 0 Å². The average molecular weight is 138 g/mol. The van der Waals surface area contributed by atoms with Crippen LogP contribution in [-0.2, 0) is 9.47 Å². The molecule has 2 nitrogen and oxygen atoms in total. The van der Waals surface area contributed by atoms with Crippen LogP contribution in [0.25, 0.3) is 0 Å². The zero-order chi connectivity index (χ0) is 6.97. The molecular formula is C8H10O2. The molecule has 0 atom stereocenters. The van der Waals surface area contributed by atoms with E-state index in [1.807, 2.05) is 0 Å². The van der Waals surface area contributed by atoms with Crippen LogP contribution in [0, 0.1) is 0 Å². The lowest BCUT2D eigenvalue weighted by atomic mass is 10.1. The quantitative estimate of drug-likeness (QED) is 0.509. The van der Waals surface area contributed by atoms with Crippen LogP contribution in [-0.4, -0.2) is 6.79 Å². The fourth-order valence-electron chi connectivity index (χ4n) is 1.34. The third kappa shape index (κ3) is 0.719. The summed E-state index contributed by atoms with van der Waals surface area (Å²) < 4.78 is 10.5. The van der Waals surface area contributed by atoms with Gasteiger partial charge in [0.25, 0.3) is 0 Å². The minimum atomic E-state index is 0.413. The second-order valence-electron chi connectivity index (χ2n) is 2.58. The molecule has 1 heterocycles. The van der Waals surface area contributed by atoms with Crippen LogP contribution >= 0.6 is 0 Å². The Kier molecular flexibility index (Phi) is 1.19. The van der Waals surface area contributed by atoms with Crippen molar-refractivity contribution in [1.82, 2.24) is 0 Å². The second-order valence-corrected chi connectivity index (χ2v) is 2.58. The molecule has 0 saturated heterocycles. The fourth-order valence-corrected chi connectivity index (χ4v) is 1.34. The van der Waals surface area contributed by atoms with Crippen LogP contribution < -0.4 is 0 Å². The first-order valence-corrected chi connectivity index (χ1v) is 3.54. The maximum absolute atomic E-state index is 5.26. The maximum Gasteiger partial charge on any atom is 0.230 e. The van der Waals surface area contributed by atoms with E-state index in [2.05, 4.69) is 13.0 Å². The number of ether oxygens (including phenoxy) is 2. The fraction of sp³-hybridized carbons (Fsp3) is 0.500. The molecule has 1 aliphatic carbocycles. The Labute approximate surface area is 60.1 Å². The summed E-state index contributed by atoms with van der Waals surface area (Å²) in [5, 5.41) is 0. The predicted octanol–water partition coefficient (Wildman–Crippen LogP) is 1.94. The van der Waals surface area contributed by atoms with Gasteiger partial charge in [-0.1, -0.05) is 6.08 Å². The molecular weight excluding hydrogens is 128 g/mol. The third-order valence-corrected chi connectivity index (χ3v) is 1.87. The number of hydrogen-bond donors (Lipinski definition) is 0. The lowest BCUT2D eigenvalue weighted by Gasteiger charge is -2.07. The van der Waals surface area contributed by atoms with Gasteiger partial charge in [0.15, 0.2) is 5.76 Å². The first kappa shape index (κ1) is 5.83. The summed E-state index contributed by atoms with van der Waals surface area (Å²) >= 11 is 0. The summed E-state index contributed by atoms with van der Waals surface area (Å²) in [5.41, 5.74) is 1.22. The van der Waals surface area contributed by atoms with Crippen molar-refractivity contribution in [3.8, 4) is 0 Å². The Hall–Kier alpha value is -0.920. The minimum absolute atomic E-state index is 0.413. The van der Waals surface area contributed by atoms with E-state index in [-0.39, 0.29) is 0 Å². The Balaban J connectivity index is 2.33. The lowest BCUT2D eigenvalue weighted by molar-refractivity contribution is 0.0720. The Morgan fingerprint density at radius 3 is 3.10 bits per heavy atom. The van der Waals surface area contributed by atoms with Crippen molar-refractivity contribution < 1.29 is 9.47 Å². The van der Waals surface area contributed by atoms with Gasteiger partial charge in [-0.25, -0.2) is 0 Å². The van der Waals surface area contributed by atoms with Gasteiger partial charge in [0.05, 0.1) is 0 Å².